The van der Waals surface area contributed by atoms with Gasteiger partial charge >= 0.3 is 0 Å². The molecule has 10 heteroatoms. The Morgan fingerprint density at radius 3 is 2.47 bits per heavy atom. The summed E-state index contributed by atoms with van der Waals surface area (Å²) in [6, 6.07) is 13.7. The molecular formula is C39H50N6O3S. The number of allylic oxidation sites excluding steroid dienone is 4. The number of hydrogen-bond donors (Lipinski definition) is 2. The van der Waals surface area contributed by atoms with Gasteiger partial charge in [-0.05, 0) is 82.7 Å². The lowest BCUT2D eigenvalue weighted by Gasteiger charge is -2.28. The standard InChI is InChI=1S/C33H43N5O3S.C6H7N/c1-5-14-26(36-33(41)24(3)32(35-20-6-2)37-21-11-12-22-37)15-13-19-30(39)38-23-10-9-18-29(31(34)40)42-25(4)27-16-7-8-17-28(27)38;1-6-4-2-3-5-7-6/h6-8,13-18,20,25H,2,5,9-12,19,21-23H2,1,3-4H3,(H2,34,40)(H,36,41);2-5H,1H3/b15-13-,26-14+,29-18-,32-24-,35-20-;. The maximum absolute atomic E-state index is 13.5. The number of nitrogens with one attached hydrogen (secondary N) is 1. The molecule has 260 valence electrons. The van der Waals surface area contributed by atoms with Crippen molar-refractivity contribution in [2.75, 3.05) is 24.5 Å². The van der Waals surface area contributed by atoms with Crippen LogP contribution >= 0.6 is 11.8 Å². The zero-order valence-corrected chi connectivity index (χ0v) is 30.0. The number of aromatic nitrogens is 1. The number of likely N-dealkylation sites (tertiary alicyclic amines) is 1. The van der Waals surface area contributed by atoms with Crippen molar-refractivity contribution >= 4 is 41.4 Å². The number of carbonyl (C=O) groups excluding carboxylic acids is 3. The predicted molar refractivity (Wildman–Crippen MR) is 203 cm³/mol. The van der Waals surface area contributed by atoms with Crippen LogP contribution in [0.3, 0.4) is 0 Å². The van der Waals surface area contributed by atoms with Crippen molar-refractivity contribution in [3.63, 3.8) is 0 Å². The van der Waals surface area contributed by atoms with Gasteiger partial charge in [-0.15, -0.1) is 11.8 Å². The average Bonchev–Trinajstić information content (AvgIpc) is 3.63. The molecule has 1 unspecified atom stereocenters. The summed E-state index contributed by atoms with van der Waals surface area (Å²) in [5, 5.41) is 2.94. The first-order valence-electron chi connectivity index (χ1n) is 16.9. The highest BCUT2D eigenvalue weighted by atomic mass is 32.2. The van der Waals surface area contributed by atoms with Gasteiger partial charge in [0, 0.05) is 60.8 Å². The lowest BCUT2D eigenvalue weighted by Crippen LogP contribution is -2.32. The zero-order valence-electron chi connectivity index (χ0n) is 29.2. The molecule has 49 heavy (non-hydrogen) atoms. The van der Waals surface area contributed by atoms with E-state index in [0.717, 1.165) is 49.3 Å². The molecule has 2 aromatic rings. The molecule has 3 amide bonds. The number of aryl methyl sites for hydroxylation is 1. The van der Waals surface area contributed by atoms with Crippen LogP contribution in [0.4, 0.5) is 5.69 Å². The van der Waals surface area contributed by atoms with Crippen LogP contribution in [-0.2, 0) is 14.4 Å². The number of thioether (sulfide) groups is 1. The van der Waals surface area contributed by atoms with Crippen LogP contribution < -0.4 is 16.0 Å². The highest BCUT2D eigenvalue weighted by Crippen LogP contribution is 2.40. The Morgan fingerprint density at radius 2 is 1.84 bits per heavy atom. The highest BCUT2D eigenvalue weighted by molar-refractivity contribution is 8.04. The number of pyridine rings is 1. The first-order valence-corrected chi connectivity index (χ1v) is 17.8. The summed E-state index contributed by atoms with van der Waals surface area (Å²) in [5.74, 6) is -0.0291. The number of nitrogens with two attached hydrogens (primary N) is 1. The third-order valence-electron chi connectivity index (χ3n) is 7.90. The molecule has 1 saturated heterocycles. The number of nitrogens with zero attached hydrogens (tertiary/aromatic N) is 4. The van der Waals surface area contributed by atoms with Crippen LogP contribution in [0.25, 0.3) is 0 Å². The molecule has 0 radical (unpaired) electrons. The summed E-state index contributed by atoms with van der Waals surface area (Å²) < 4.78 is 0. The van der Waals surface area contributed by atoms with Gasteiger partial charge in [-0.1, -0.05) is 62.1 Å². The van der Waals surface area contributed by atoms with Crippen LogP contribution in [0.5, 0.6) is 0 Å². The summed E-state index contributed by atoms with van der Waals surface area (Å²) in [5.41, 5.74) is 9.66. The molecule has 4 rings (SSSR count). The van der Waals surface area contributed by atoms with Gasteiger partial charge in [0.15, 0.2) is 0 Å². The topological polar surface area (TPSA) is 121 Å². The molecule has 1 fully saturated rings. The van der Waals surface area contributed by atoms with Crippen LogP contribution in [0.15, 0.2) is 113 Å². The van der Waals surface area contributed by atoms with E-state index < -0.39 is 5.91 Å². The normalized spacial score (nSPS) is 18.5. The molecule has 3 N–H and O–H groups in total. The van der Waals surface area contributed by atoms with Crippen molar-refractivity contribution in [2.24, 2.45) is 10.7 Å². The first kappa shape index (κ1) is 38.7. The Balaban J connectivity index is 0.000000823. The van der Waals surface area contributed by atoms with Crippen LogP contribution in [0, 0.1) is 6.92 Å². The smallest absolute Gasteiger partial charge is 0.255 e. The predicted octanol–water partition coefficient (Wildman–Crippen LogP) is 7.31. The van der Waals surface area contributed by atoms with Crippen molar-refractivity contribution in [2.45, 2.75) is 71.5 Å². The number of amides is 3. The summed E-state index contributed by atoms with van der Waals surface area (Å²) >= 11 is 1.42. The number of benzene rings is 1. The summed E-state index contributed by atoms with van der Waals surface area (Å²) in [4.78, 5) is 51.7. The lowest BCUT2D eigenvalue weighted by molar-refractivity contribution is -0.118. The minimum absolute atomic E-state index is 0.0380. The van der Waals surface area contributed by atoms with Gasteiger partial charge in [-0.3, -0.25) is 19.4 Å². The second kappa shape index (κ2) is 20.6. The number of para-hydroxylation sites is 1. The van der Waals surface area contributed by atoms with E-state index in [-0.39, 0.29) is 23.5 Å². The number of hydrogen-bond acceptors (Lipinski definition) is 7. The second-order valence-electron chi connectivity index (χ2n) is 11.7. The molecule has 0 spiro atoms. The van der Waals surface area contributed by atoms with E-state index in [1.807, 2.05) is 80.3 Å². The number of aliphatic imine (C=N–C) groups is 1. The molecule has 1 aromatic heterocycles. The molecule has 0 bridgehead atoms. The quantitative estimate of drug-likeness (QED) is 0.154. The SMILES string of the molecule is C=C/C=N\C(=C(/C)C(=O)NC(/C=C\CC(=O)N1CCC/C=C(/C(N)=O)SC(C)c2ccccc21)=C/CC)N1CCCC1.Cc1ccccn1. The van der Waals surface area contributed by atoms with E-state index >= 15 is 0 Å². The van der Waals surface area contributed by atoms with Crippen molar-refractivity contribution in [1.82, 2.24) is 15.2 Å². The third kappa shape index (κ3) is 12.4. The Bertz CT molecular complexity index is 1590. The Hall–Kier alpha value is -4.70. The fourth-order valence-corrected chi connectivity index (χ4v) is 6.46. The van der Waals surface area contributed by atoms with E-state index in [9.17, 15) is 14.4 Å². The molecule has 3 heterocycles. The lowest BCUT2D eigenvalue weighted by atomic mass is 10.1. The fourth-order valence-electron chi connectivity index (χ4n) is 5.42. The van der Waals surface area contributed by atoms with E-state index in [2.05, 4.69) is 26.8 Å². The van der Waals surface area contributed by atoms with Gasteiger partial charge in [0.2, 0.25) is 5.91 Å². The Labute approximate surface area is 295 Å². The van der Waals surface area contributed by atoms with Gasteiger partial charge in [0.1, 0.15) is 5.82 Å². The summed E-state index contributed by atoms with van der Waals surface area (Å²) in [6.07, 6.45) is 16.8. The average molecular weight is 683 g/mol. The molecular weight excluding hydrogens is 633 g/mol. The van der Waals surface area contributed by atoms with Crippen molar-refractivity contribution in [1.29, 1.82) is 0 Å². The zero-order chi connectivity index (χ0) is 35.6. The summed E-state index contributed by atoms with van der Waals surface area (Å²) in [6.45, 7) is 13.7. The number of fused-ring (bicyclic) bond motifs is 1. The van der Waals surface area contributed by atoms with E-state index in [1.165, 1.54) is 11.8 Å². The van der Waals surface area contributed by atoms with E-state index in [1.54, 1.807) is 37.6 Å². The molecule has 2 aliphatic heterocycles. The van der Waals surface area contributed by atoms with Gasteiger partial charge in [0.05, 0.1) is 10.5 Å². The second-order valence-corrected chi connectivity index (χ2v) is 13.1. The number of carbonyl (C=O) groups is 3. The van der Waals surface area contributed by atoms with Crippen molar-refractivity contribution < 1.29 is 14.4 Å². The maximum Gasteiger partial charge on any atom is 0.255 e. The van der Waals surface area contributed by atoms with Crippen molar-refractivity contribution in [3.05, 3.63) is 119 Å². The number of anilines is 1. The monoisotopic (exact) mass is 682 g/mol. The maximum atomic E-state index is 13.5. The van der Waals surface area contributed by atoms with Gasteiger partial charge in [-0.25, -0.2) is 4.99 Å². The molecule has 1 aromatic carbocycles. The van der Waals surface area contributed by atoms with Gasteiger partial charge < -0.3 is 20.9 Å². The fraction of sp³-hybridized carbons (Fsp3) is 0.359. The van der Waals surface area contributed by atoms with Gasteiger partial charge in [0.25, 0.3) is 11.8 Å². The molecule has 2 aliphatic rings. The number of rotatable bonds is 10. The van der Waals surface area contributed by atoms with Crippen LogP contribution in [-0.4, -0.2) is 53.5 Å². The Morgan fingerprint density at radius 1 is 1.10 bits per heavy atom. The molecule has 0 aliphatic carbocycles. The van der Waals surface area contributed by atoms with Crippen LogP contribution in [0.2, 0.25) is 0 Å². The highest BCUT2D eigenvalue weighted by Gasteiger charge is 2.24. The third-order valence-corrected chi connectivity index (χ3v) is 9.13. The number of primary amides is 1. The first-order chi connectivity index (χ1) is 23.7. The van der Waals surface area contributed by atoms with Gasteiger partial charge in [-0.2, -0.15) is 0 Å². The molecule has 1 atom stereocenters. The van der Waals surface area contributed by atoms with E-state index in [0.29, 0.717) is 41.4 Å². The summed E-state index contributed by atoms with van der Waals surface area (Å²) in [7, 11) is 0. The largest absolute Gasteiger partial charge is 0.365 e. The van der Waals surface area contributed by atoms with Crippen molar-refractivity contribution in [3.8, 4) is 0 Å². The minimum atomic E-state index is -0.423. The van der Waals surface area contributed by atoms with Crippen LogP contribution in [0.1, 0.15) is 75.8 Å². The minimum Gasteiger partial charge on any atom is -0.365 e. The molecule has 0 saturated carbocycles. The van der Waals surface area contributed by atoms with E-state index in [4.69, 9.17) is 5.73 Å². The Kier molecular flexibility index (Phi) is 16.3. The molecule has 9 nitrogen and oxygen atoms in total.